The highest BCUT2D eigenvalue weighted by Crippen LogP contribution is 2.11. The van der Waals surface area contributed by atoms with E-state index in [9.17, 15) is 4.79 Å². The molecule has 0 atom stereocenters. The molecule has 126 valence electrons. The number of ether oxygens (including phenoxy) is 1. The van der Waals surface area contributed by atoms with Crippen LogP contribution in [0.25, 0.3) is 0 Å². The minimum atomic E-state index is -0.230. The summed E-state index contributed by atoms with van der Waals surface area (Å²) in [4.78, 5) is 12.1. The van der Waals surface area contributed by atoms with Gasteiger partial charge in [0, 0.05) is 12.1 Å². The molecular weight excluding hydrogens is 322 g/mol. The molecule has 0 aliphatic rings. The standard InChI is InChI=1S/C18H21N3O2S/c1-12-4-7-15(10-13(12)2)17(22)20-21-18(24)19-11-14-5-8-16(23-3)9-6-14/h4-10H,11H2,1-3H3,(H,20,22)(H2,19,21,24). The lowest BCUT2D eigenvalue weighted by molar-refractivity contribution is 0.0943. The van der Waals surface area contributed by atoms with E-state index in [2.05, 4.69) is 16.2 Å². The second kappa shape index (κ2) is 8.31. The third-order valence-corrected chi connectivity index (χ3v) is 3.92. The van der Waals surface area contributed by atoms with Gasteiger partial charge in [0.05, 0.1) is 7.11 Å². The molecule has 24 heavy (non-hydrogen) atoms. The molecule has 0 aliphatic heterocycles. The third-order valence-electron chi connectivity index (χ3n) is 3.67. The smallest absolute Gasteiger partial charge is 0.269 e. The van der Waals surface area contributed by atoms with Crippen molar-refractivity contribution >= 4 is 23.2 Å². The summed E-state index contributed by atoms with van der Waals surface area (Å²) in [5, 5.41) is 3.38. The Morgan fingerprint density at radius 2 is 1.75 bits per heavy atom. The quantitative estimate of drug-likeness (QED) is 0.588. The molecule has 3 N–H and O–H groups in total. The van der Waals surface area contributed by atoms with Crippen molar-refractivity contribution in [2.24, 2.45) is 0 Å². The largest absolute Gasteiger partial charge is 0.497 e. The minimum absolute atomic E-state index is 0.230. The maximum absolute atomic E-state index is 12.1. The van der Waals surface area contributed by atoms with Crippen LogP contribution in [0.5, 0.6) is 5.75 Å². The number of hydrogen-bond acceptors (Lipinski definition) is 3. The molecule has 2 rings (SSSR count). The van der Waals surface area contributed by atoms with Crippen LogP contribution in [-0.2, 0) is 6.54 Å². The van der Waals surface area contributed by atoms with E-state index in [4.69, 9.17) is 17.0 Å². The summed E-state index contributed by atoms with van der Waals surface area (Å²) in [5.74, 6) is 0.576. The van der Waals surface area contributed by atoms with Gasteiger partial charge in [0.15, 0.2) is 5.11 Å². The fraction of sp³-hybridized carbons (Fsp3) is 0.222. The highest BCUT2D eigenvalue weighted by atomic mass is 32.1. The molecule has 2 aromatic rings. The van der Waals surface area contributed by atoms with Gasteiger partial charge in [0.2, 0.25) is 0 Å². The molecule has 0 heterocycles. The molecule has 0 bridgehead atoms. The lowest BCUT2D eigenvalue weighted by Crippen LogP contribution is -2.46. The van der Waals surface area contributed by atoms with Gasteiger partial charge in [0.1, 0.15) is 5.75 Å². The average molecular weight is 343 g/mol. The second-order valence-corrected chi connectivity index (χ2v) is 5.82. The van der Waals surface area contributed by atoms with E-state index in [0.717, 1.165) is 22.4 Å². The van der Waals surface area contributed by atoms with Gasteiger partial charge in [-0.2, -0.15) is 0 Å². The first-order chi connectivity index (χ1) is 11.5. The van der Waals surface area contributed by atoms with Crippen LogP contribution in [0.2, 0.25) is 0 Å². The van der Waals surface area contributed by atoms with Crippen molar-refractivity contribution in [2.45, 2.75) is 20.4 Å². The van der Waals surface area contributed by atoms with Crippen LogP contribution in [-0.4, -0.2) is 18.1 Å². The van der Waals surface area contributed by atoms with E-state index in [0.29, 0.717) is 17.2 Å². The summed E-state index contributed by atoms with van der Waals surface area (Å²) in [6.45, 7) is 4.53. The topological polar surface area (TPSA) is 62.4 Å². The van der Waals surface area contributed by atoms with Crippen molar-refractivity contribution in [3.63, 3.8) is 0 Å². The van der Waals surface area contributed by atoms with Gasteiger partial charge in [-0.1, -0.05) is 18.2 Å². The summed E-state index contributed by atoms with van der Waals surface area (Å²) < 4.78 is 5.11. The van der Waals surface area contributed by atoms with Crippen molar-refractivity contribution < 1.29 is 9.53 Å². The number of nitrogens with one attached hydrogen (secondary N) is 3. The highest BCUT2D eigenvalue weighted by molar-refractivity contribution is 7.80. The van der Waals surface area contributed by atoms with Gasteiger partial charge < -0.3 is 10.1 Å². The van der Waals surface area contributed by atoms with E-state index < -0.39 is 0 Å². The summed E-state index contributed by atoms with van der Waals surface area (Å²) in [7, 11) is 1.63. The fourth-order valence-corrected chi connectivity index (χ4v) is 2.16. The van der Waals surface area contributed by atoms with Crippen molar-refractivity contribution in [3.05, 3.63) is 64.7 Å². The number of carbonyl (C=O) groups excluding carboxylic acids is 1. The summed E-state index contributed by atoms with van der Waals surface area (Å²) in [6, 6.07) is 13.2. The zero-order valence-corrected chi connectivity index (χ0v) is 14.8. The molecule has 0 aliphatic carbocycles. The first kappa shape index (κ1) is 17.7. The number of thiocarbonyl (C=S) groups is 1. The van der Waals surface area contributed by atoms with Crippen LogP contribution in [0.15, 0.2) is 42.5 Å². The van der Waals surface area contributed by atoms with Gasteiger partial charge in [0.25, 0.3) is 5.91 Å². The van der Waals surface area contributed by atoms with Crippen LogP contribution >= 0.6 is 12.2 Å². The van der Waals surface area contributed by atoms with Crippen LogP contribution in [0.1, 0.15) is 27.0 Å². The summed E-state index contributed by atoms with van der Waals surface area (Å²) in [6.07, 6.45) is 0. The molecule has 2 aromatic carbocycles. The lowest BCUT2D eigenvalue weighted by atomic mass is 10.1. The number of hydrazine groups is 1. The molecule has 0 fully saturated rings. The zero-order chi connectivity index (χ0) is 17.5. The molecule has 5 nitrogen and oxygen atoms in total. The van der Waals surface area contributed by atoms with Crippen molar-refractivity contribution in [3.8, 4) is 5.75 Å². The Balaban J connectivity index is 1.79. The molecule has 0 spiro atoms. The Morgan fingerprint density at radius 1 is 1.04 bits per heavy atom. The van der Waals surface area contributed by atoms with Gasteiger partial charge >= 0.3 is 0 Å². The van der Waals surface area contributed by atoms with Crippen LogP contribution in [0, 0.1) is 13.8 Å². The summed E-state index contributed by atoms with van der Waals surface area (Å²) in [5.41, 5.74) is 9.16. The van der Waals surface area contributed by atoms with Gasteiger partial charge in [-0.15, -0.1) is 0 Å². The normalized spacial score (nSPS) is 9.96. The second-order valence-electron chi connectivity index (χ2n) is 5.41. The number of amides is 1. The van der Waals surface area contributed by atoms with Gasteiger partial charge in [-0.05, 0) is 67.0 Å². The predicted octanol–water partition coefficient (Wildman–Crippen LogP) is 2.62. The Labute approximate surface area is 147 Å². The number of carbonyl (C=O) groups is 1. The van der Waals surface area contributed by atoms with Gasteiger partial charge in [-0.3, -0.25) is 15.6 Å². The monoisotopic (exact) mass is 343 g/mol. The van der Waals surface area contributed by atoms with Crippen LogP contribution in [0.4, 0.5) is 0 Å². The summed E-state index contributed by atoms with van der Waals surface area (Å²) >= 11 is 5.16. The Bertz CT molecular complexity index is 730. The average Bonchev–Trinajstić information content (AvgIpc) is 2.60. The van der Waals surface area contributed by atoms with E-state index in [1.807, 2.05) is 50.2 Å². The third kappa shape index (κ3) is 4.96. The molecule has 0 saturated heterocycles. The van der Waals surface area contributed by atoms with E-state index in [-0.39, 0.29) is 5.91 Å². The Morgan fingerprint density at radius 3 is 2.38 bits per heavy atom. The lowest BCUT2D eigenvalue weighted by Gasteiger charge is -2.12. The number of rotatable bonds is 4. The number of methoxy groups -OCH3 is 1. The molecule has 0 saturated carbocycles. The van der Waals surface area contributed by atoms with Crippen molar-refractivity contribution in [1.29, 1.82) is 0 Å². The molecular formula is C18H21N3O2S. The minimum Gasteiger partial charge on any atom is -0.497 e. The number of aryl methyl sites for hydroxylation is 2. The molecule has 0 unspecified atom stereocenters. The first-order valence-electron chi connectivity index (χ1n) is 7.54. The Hall–Kier alpha value is -2.60. The number of hydrogen-bond donors (Lipinski definition) is 3. The maximum atomic E-state index is 12.1. The van der Waals surface area contributed by atoms with Gasteiger partial charge in [-0.25, -0.2) is 0 Å². The van der Waals surface area contributed by atoms with Crippen molar-refractivity contribution in [1.82, 2.24) is 16.2 Å². The highest BCUT2D eigenvalue weighted by Gasteiger charge is 2.06. The zero-order valence-electron chi connectivity index (χ0n) is 14.0. The SMILES string of the molecule is COc1ccc(CNC(=S)NNC(=O)c2ccc(C)c(C)c2)cc1. The predicted molar refractivity (Wildman–Crippen MR) is 98.9 cm³/mol. The van der Waals surface area contributed by atoms with Crippen LogP contribution < -0.4 is 20.9 Å². The molecule has 6 heteroatoms. The van der Waals surface area contributed by atoms with E-state index >= 15 is 0 Å². The van der Waals surface area contributed by atoms with Crippen LogP contribution in [0.3, 0.4) is 0 Å². The Kier molecular flexibility index (Phi) is 6.14. The van der Waals surface area contributed by atoms with Crippen molar-refractivity contribution in [2.75, 3.05) is 7.11 Å². The fourth-order valence-electron chi connectivity index (χ4n) is 2.04. The maximum Gasteiger partial charge on any atom is 0.269 e. The van der Waals surface area contributed by atoms with E-state index in [1.54, 1.807) is 13.2 Å². The molecule has 0 radical (unpaired) electrons. The molecule has 0 aromatic heterocycles. The number of benzene rings is 2. The first-order valence-corrected chi connectivity index (χ1v) is 7.95. The molecule has 1 amide bonds. The van der Waals surface area contributed by atoms with E-state index in [1.165, 1.54) is 0 Å².